The largest absolute Gasteiger partial charge is 0.383 e. The molecule has 0 saturated heterocycles. The number of thiophene rings is 1. The quantitative estimate of drug-likeness (QED) is 0.572. The summed E-state index contributed by atoms with van der Waals surface area (Å²) in [5.74, 6) is 0.577. The van der Waals surface area contributed by atoms with Crippen molar-refractivity contribution in [2.45, 2.75) is 12.5 Å². The van der Waals surface area contributed by atoms with E-state index in [1.54, 1.807) is 14.0 Å². The molecular weight excluding hydrogens is 270 g/mol. The molecular formula is C12H18ClN3OS. The zero-order chi connectivity index (χ0) is 13.6. The minimum Gasteiger partial charge on any atom is -0.383 e. The minimum absolute atomic E-state index is 0.363. The van der Waals surface area contributed by atoms with Gasteiger partial charge >= 0.3 is 0 Å². The monoisotopic (exact) mass is 287 g/mol. The van der Waals surface area contributed by atoms with E-state index in [0.717, 1.165) is 4.88 Å². The zero-order valence-electron chi connectivity index (χ0n) is 10.5. The molecule has 0 fully saturated rings. The highest BCUT2D eigenvalue weighted by Gasteiger charge is 2.24. The molecule has 0 aromatic carbocycles. The maximum atomic E-state index is 10.3. The lowest BCUT2D eigenvalue weighted by molar-refractivity contribution is 0.0655. The smallest absolute Gasteiger partial charge is 0.191 e. The minimum atomic E-state index is -0.927. The molecule has 18 heavy (non-hydrogen) atoms. The molecule has 1 unspecified atom stereocenters. The molecule has 0 aliphatic rings. The van der Waals surface area contributed by atoms with Crippen LogP contribution in [-0.2, 0) is 5.60 Å². The Morgan fingerprint density at radius 2 is 2.33 bits per heavy atom. The van der Waals surface area contributed by atoms with Crippen LogP contribution in [-0.4, -0.2) is 31.2 Å². The summed E-state index contributed by atoms with van der Waals surface area (Å²) in [6.45, 7) is 6.14. The predicted molar refractivity (Wildman–Crippen MR) is 78.2 cm³/mol. The van der Waals surface area contributed by atoms with Crippen molar-refractivity contribution in [1.82, 2.24) is 10.6 Å². The lowest BCUT2D eigenvalue weighted by atomic mass is 10.1. The highest BCUT2D eigenvalue weighted by atomic mass is 35.5. The number of rotatable bonds is 5. The third kappa shape index (κ3) is 4.68. The number of hydrogen-bond acceptors (Lipinski definition) is 3. The Kier molecular flexibility index (Phi) is 5.65. The standard InChI is InChI=1S/C12H18ClN3OS/c1-9(13)7-15-11(14-3)16-8-12(2,17)10-5-4-6-18-10/h4-6,17H,1,7-8H2,2-3H3,(H2,14,15,16). The number of aliphatic hydroxyl groups is 1. The third-order valence-corrected chi connectivity index (χ3v) is 3.58. The van der Waals surface area contributed by atoms with Crippen LogP contribution in [0.15, 0.2) is 34.1 Å². The molecule has 3 N–H and O–H groups in total. The van der Waals surface area contributed by atoms with Crippen LogP contribution in [0, 0.1) is 0 Å². The van der Waals surface area contributed by atoms with Gasteiger partial charge in [-0.15, -0.1) is 11.3 Å². The van der Waals surface area contributed by atoms with E-state index in [9.17, 15) is 5.11 Å². The summed E-state index contributed by atoms with van der Waals surface area (Å²) in [4.78, 5) is 4.94. The lowest BCUT2D eigenvalue weighted by Gasteiger charge is -2.23. The summed E-state index contributed by atoms with van der Waals surface area (Å²) in [5.41, 5.74) is -0.927. The van der Waals surface area contributed by atoms with Gasteiger partial charge < -0.3 is 15.7 Å². The summed E-state index contributed by atoms with van der Waals surface area (Å²) in [7, 11) is 1.66. The van der Waals surface area contributed by atoms with E-state index in [0.29, 0.717) is 24.1 Å². The van der Waals surface area contributed by atoms with Gasteiger partial charge in [-0.1, -0.05) is 24.2 Å². The molecule has 1 rings (SSSR count). The van der Waals surface area contributed by atoms with E-state index < -0.39 is 5.60 Å². The van der Waals surface area contributed by atoms with E-state index in [4.69, 9.17) is 11.6 Å². The number of hydrogen-bond donors (Lipinski definition) is 3. The van der Waals surface area contributed by atoms with Crippen molar-refractivity contribution in [1.29, 1.82) is 0 Å². The first-order valence-electron chi connectivity index (χ1n) is 5.50. The van der Waals surface area contributed by atoms with Gasteiger partial charge in [0.25, 0.3) is 0 Å². The number of halogens is 1. The van der Waals surface area contributed by atoms with Crippen molar-refractivity contribution in [2.75, 3.05) is 20.1 Å². The van der Waals surface area contributed by atoms with E-state index >= 15 is 0 Å². The molecule has 0 spiro atoms. The normalized spacial score (nSPS) is 15.0. The molecule has 0 aliphatic heterocycles. The van der Waals surface area contributed by atoms with E-state index in [1.165, 1.54) is 11.3 Å². The first kappa shape index (κ1) is 15.0. The van der Waals surface area contributed by atoms with Gasteiger partial charge in [-0.2, -0.15) is 0 Å². The van der Waals surface area contributed by atoms with Crippen molar-refractivity contribution in [2.24, 2.45) is 4.99 Å². The molecule has 4 nitrogen and oxygen atoms in total. The highest BCUT2D eigenvalue weighted by molar-refractivity contribution is 7.10. The van der Waals surface area contributed by atoms with Gasteiger partial charge in [0.1, 0.15) is 5.60 Å². The molecule has 100 valence electrons. The van der Waals surface area contributed by atoms with Gasteiger partial charge in [0.2, 0.25) is 0 Å². The highest BCUT2D eigenvalue weighted by Crippen LogP contribution is 2.24. The van der Waals surface area contributed by atoms with Crippen molar-refractivity contribution in [3.8, 4) is 0 Å². The predicted octanol–water partition coefficient (Wildman–Crippen LogP) is 1.87. The fourth-order valence-corrected chi connectivity index (χ4v) is 2.18. The lowest BCUT2D eigenvalue weighted by Crippen LogP contribution is -2.44. The second-order valence-electron chi connectivity index (χ2n) is 4.05. The molecule has 0 radical (unpaired) electrons. The average molecular weight is 288 g/mol. The first-order valence-corrected chi connectivity index (χ1v) is 6.75. The SMILES string of the molecule is C=C(Cl)CNC(=NC)NCC(C)(O)c1cccs1. The molecule has 0 aliphatic carbocycles. The first-order chi connectivity index (χ1) is 8.45. The molecule has 1 aromatic rings. The van der Waals surface area contributed by atoms with Crippen LogP contribution in [0.4, 0.5) is 0 Å². The zero-order valence-corrected chi connectivity index (χ0v) is 12.1. The van der Waals surface area contributed by atoms with Crippen molar-refractivity contribution in [3.63, 3.8) is 0 Å². The van der Waals surface area contributed by atoms with Gasteiger partial charge in [0, 0.05) is 17.0 Å². The molecule has 0 saturated carbocycles. The van der Waals surface area contributed by atoms with Crippen LogP contribution in [0.3, 0.4) is 0 Å². The van der Waals surface area contributed by atoms with E-state index in [2.05, 4.69) is 22.2 Å². The van der Waals surface area contributed by atoms with Gasteiger partial charge in [-0.05, 0) is 18.4 Å². The Balaban J connectivity index is 2.50. The van der Waals surface area contributed by atoms with Crippen molar-refractivity contribution in [3.05, 3.63) is 34.0 Å². The summed E-state index contributed by atoms with van der Waals surface area (Å²) >= 11 is 7.18. The van der Waals surface area contributed by atoms with Gasteiger partial charge in [-0.3, -0.25) is 4.99 Å². The van der Waals surface area contributed by atoms with Crippen LogP contribution in [0.1, 0.15) is 11.8 Å². The maximum Gasteiger partial charge on any atom is 0.191 e. The van der Waals surface area contributed by atoms with Crippen LogP contribution < -0.4 is 10.6 Å². The Bertz CT molecular complexity index is 415. The molecule has 0 bridgehead atoms. The maximum absolute atomic E-state index is 10.3. The number of aliphatic imine (C=N–C) groups is 1. The molecule has 6 heteroatoms. The summed E-state index contributed by atoms with van der Waals surface area (Å²) in [6, 6.07) is 3.82. The Morgan fingerprint density at radius 3 is 2.83 bits per heavy atom. The third-order valence-electron chi connectivity index (χ3n) is 2.32. The van der Waals surface area contributed by atoms with Gasteiger partial charge in [-0.25, -0.2) is 0 Å². The number of nitrogens with one attached hydrogen (secondary N) is 2. The number of guanidine groups is 1. The fraction of sp³-hybridized carbons (Fsp3) is 0.417. The topological polar surface area (TPSA) is 56.7 Å². The van der Waals surface area contributed by atoms with Crippen molar-refractivity contribution >= 4 is 28.9 Å². The van der Waals surface area contributed by atoms with Crippen molar-refractivity contribution < 1.29 is 5.11 Å². The van der Waals surface area contributed by atoms with Gasteiger partial charge in [0.15, 0.2) is 5.96 Å². The van der Waals surface area contributed by atoms with Crippen LogP contribution in [0.5, 0.6) is 0 Å². The summed E-state index contributed by atoms with van der Waals surface area (Å²) < 4.78 is 0. The Labute approximate surface area is 116 Å². The summed E-state index contributed by atoms with van der Waals surface area (Å²) in [6.07, 6.45) is 0. The molecule has 1 aromatic heterocycles. The van der Waals surface area contributed by atoms with Crippen LogP contribution in [0.2, 0.25) is 0 Å². The Morgan fingerprint density at radius 1 is 1.61 bits per heavy atom. The molecule has 1 atom stereocenters. The second kappa shape index (κ2) is 6.78. The van der Waals surface area contributed by atoms with E-state index in [-0.39, 0.29) is 0 Å². The Hall–Kier alpha value is -1.04. The van der Waals surface area contributed by atoms with E-state index in [1.807, 2.05) is 17.5 Å². The van der Waals surface area contributed by atoms with Crippen LogP contribution >= 0.6 is 22.9 Å². The number of nitrogens with zero attached hydrogens (tertiary/aromatic N) is 1. The molecule has 0 amide bonds. The van der Waals surface area contributed by atoms with Gasteiger partial charge in [0.05, 0.1) is 13.1 Å². The van der Waals surface area contributed by atoms with Crippen LogP contribution in [0.25, 0.3) is 0 Å². The fourth-order valence-electron chi connectivity index (χ4n) is 1.33. The molecule has 1 heterocycles. The summed E-state index contributed by atoms with van der Waals surface area (Å²) in [5, 5.41) is 18.8. The average Bonchev–Trinajstić information content (AvgIpc) is 2.83. The second-order valence-corrected chi connectivity index (χ2v) is 5.53.